The molecule has 0 aromatic carbocycles. The molecular formula is C12H14ClN3O2S. The molecule has 0 aliphatic carbocycles. The highest BCUT2D eigenvalue weighted by Gasteiger charge is 2.18. The van der Waals surface area contributed by atoms with E-state index in [9.17, 15) is 0 Å². The minimum Gasteiger partial charge on any atom is -0.363 e. The molecule has 0 amide bonds. The van der Waals surface area contributed by atoms with E-state index in [4.69, 9.17) is 20.9 Å². The summed E-state index contributed by atoms with van der Waals surface area (Å²) in [4.78, 5) is 4.88. The second-order valence-corrected chi connectivity index (χ2v) is 5.29. The molecule has 0 saturated carbocycles. The minimum atomic E-state index is 0.364. The maximum absolute atomic E-state index is 6.06. The van der Waals surface area contributed by atoms with E-state index in [2.05, 4.69) is 10.1 Å². The van der Waals surface area contributed by atoms with Gasteiger partial charge < -0.3 is 9.26 Å². The zero-order valence-corrected chi connectivity index (χ0v) is 12.5. The van der Waals surface area contributed by atoms with Gasteiger partial charge >= 0.3 is 0 Å². The molecule has 2 aromatic rings. The third-order valence-corrected chi connectivity index (χ3v) is 3.99. The molecule has 0 aliphatic rings. The van der Waals surface area contributed by atoms with Crippen molar-refractivity contribution in [3.63, 3.8) is 0 Å². The van der Waals surface area contributed by atoms with Gasteiger partial charge in [-0.2, -0.15) is 0 Å². The third kappa shape index (κ3) is 3.20. The number of ether oxygens (including phenoxy) is 1. The molecule has 0 bridgehead atoms. The molecule has 2 rings (SSSR count). The number of rotatable bonds is 5. The van der Waals surface area contributed by atoms with Crippen LogP contribution in [0, 0.1) is 13.8 Å². The number of anilines is 1. The predicted molar refractivity (Wildman–Crippen MR) is 75.4 cm³/mol. The van der Waals surface area contributed by atoms with Crippen LogP contribution in [0.15, 0.2) is 27.7 Å². The quantitative estimate of drug-likeness (QED) is 0.479. The largest absolute Gasteiger partial charge is 0.363 e. The fourth-order valence-electron chi connectivity index (χ4n) is 1.44. The van der Waals surface area contributed by atoms with Crippen molar-refractivity contribution in [2.45, 2.75) is 18.7 Å². The highest BCUT2D eigenvalue weighted by Crippen LogP contribution is 2.33. The number of halogens is 1. The SMILES string of the molecule is COCN(Sc1cccnc1Cl)c1noc(C)c1C. The number of hydrogen-bond acceptors (Lipinski definition) is 6. The molecule has 0 aliphatic heterocycles. The van der Waals surface area contributed by atoms with E-state index < -0.39 is 0 Å². The molecule has 0 atom stereocenters. The fraction of sp³-hybridized carbons (Fsp3) is 0.333. The Labute approximate surface area is 121 Å². The van der Waals surface area contributed by atoms with Crippen molar-refractivity contribution >= 4 is 29.4 Å². The van der Waals surface area contributed by atoms with Gasteiger partial charge in [-0.05, 0) is 37.9 Å². The average Bonchev–Trinajstić information content (AvgIpc) is 2.72. The van der Waals surface area contributed by atoms with Gasteiger partial charge in [0, 0.05) is 18.9 Å². The number of pyridine rings is 1. The maximum atomic E-state index is 6.06. The van der Waals surface area contributed by atoms with E-state index in [1.807, 2.05) is 30.3 Å². The summed E-state index contributed by atoms with van der Waals surface area (Å²) in [7, 11) is 1.63. The topological polar surface area (TPSA) is 51.4 Å². The normalized spacial score (nSPS) is 10.7. The molecule has 0 spiro atoms. The first-order valence-corrected chi connectivity index (χ1v) is 6.76. The molecule has 102 valence electrons. The Morgan fingerprint density at radius 3 is 2.84 bits per heavy atom. The van der Waals surface area contributed by atoms with Crippen LogP contribution in [0.3, 0.4) is 0 Å². The summed E-state index contributed by atoms with van der Waals surface area (Å²) in [6.45, 7) is 4.19. The van der Waals surface area contributed by atoms with Gasteiger partial charge in [-0.1, -0.05) is 16.8 Å². The smallest absolute Gasteiger partial charge is 0.187 e. The first-order valence-electron chi connectivity index (χ1n) is 5.61. The Balaban J connectivity index is 2.26. The van der Waals surface area contributed by atoms with E-state index in [-0.39, 0.29) is 0 Å². The van der Waals surface area contributed by atoms with E-state index in [1.165, 1.54) is 11.9 Å². The lowest BCUT2D eigenvalue weighted by Gasteiger charge is -2.20. The summed E-state index contributed by atoms with van der Waals surface area (Å²) in [6.07, 6.45) is 1.65. The van der Waals surface area contributed by atoms with Crippen molar-refractivity contribution in [3.8, 4) is 0 Å². The summed E-state index contributed by atoms with van der Waals surface area (Å²) in [5, 5.41) is 4.50. The van der Waals surface area contributed by atoms with Gasteiger partial charge in [0.1, 0.15) is 17.6 Å². The molecule has 5 nitrogen and oxygen atoms in total. The number of aromatic nitrogens is 2. The molecule has 0 fully saturated rings. The minimum absolute atomic E-state index is 0.364. The van der Waals surface area contributed by atoms with Crippen molar-refractivity contribution in [1.29, 1.82) is 0 Å². The average molecular weight is 300 g/mol. The number of methoxy groups -OCH3 is 1. The molecule has 7 heteroatoms. The Hall–Kier alpha value is -1.24. The molecule has 0 unspecified atom stereocenters. The Kier molecular flexibility index (Phi) is 4.68. The van der Waals surface area contributed by atoms with Crippen LogP contribution in [0.4, 0.5) is 5.82 Å². The van der Waals surface area contributed by atoms with Gasteiger partial charge in [0.25, 0.3) is 0 Å². The van der Waals surface area contributed by atoms with Crippen molar-refractivity contribution in [2.24, 2.45) is 0 Å². The van der Waals surface area contributed by atoms with E-state index >= 15 is 0 Å². The van der Waals surface area contributed by atoms with Gasteiger partial charge in [-0.15, -0.1) is 0 Å². The maximum Gasteiger partial charge on any atom is 0.187 e. The third-order valence-electron chi connectivity index (χ3n) is 2.55. The van der Waals surface area contributed by atoms with Gasteiger partial charge in [-0.25, -0.2) is 4.98 Å². The summed E-state index contributed by atoms with van der Waals surface area (Å²) < 4.78 is 12.2. The zero-order valence-electron chi connectivity index (χ0n) is 10.9. The first kappa shape index (κ1) is 14.2. The Bertz CT molecular complexity index is 562. The van der Waals surface area contributed by atoms with Crippen LogP contribution in [0.1, 0.15) is 11.3 Å². The number of nitrogens with zero attached hydrogens (tertiary/aromatic N) is 3. The van der Waals surface area contributed by atoms with E-state index in [1.54, 1.807) is 13.3 Å². The summed E-state index contributed by atoms with van der Waals surface area (Å²) in [5.41, 5.74) is 0.976. The summed E-state index contributed by atoms with van der Waals surface area (Å²) in [6, 6.07) is 3.73. The second kappa shape index (κ2) is 6.27. The zero-order chi connectivity index (χ0) is 13.8. The lowest BCUT2D eigenvalue weighted by atomic mass is 10.3. The molecule has 0 saturated heterocycles. The molecule has 19 heavy (non-hydrogen) atoms. The highest BCUT2D eigenvalue weighted by atomic mass is 35.5. The van der Waals surface area contributed by atoms with Crippen LogP contribution in [0.5, 0.6) is 0 Å². The lowest BCUT2D eigenvalue weighted by molar-refractivity contribution is 0.210. The molecular weight excluding hydrogens is 286 g/mol. The molecule has 2 aromatic heterocycles. The van der Waals surface area contributed by atoms with Gasteiger partial charge in [0.05, 0.1) is 4.90 Å². The highest BCUT2D eigenvalue weighted by molar-refractivity contribution is 8.00. The summed E-state index contributed by atoms with van der Waals surface area (Å²) >= 11 is 7.47. The van der Waals surface area contributed by atoms with Crippen molar-refractivity contribution < 1.29 is 9.26 Å². The standard InChI is InChI=1S/C12H14ClN3O2S/c1-8-9(2)18-15-12(8)16(7-17-3)19-10-5-4-6-14-11(10)13/h4-6H,7H2,1-3H3. The second-order valence-electron chi connectivity index (χ2n) is 3.87. The monoisotopic (exact) mass is 299 g/mol. The van der Waals surface area contributed by atoms with Crippen LogP contribution in [0.25, 0.3) is 0 Å². The van der Waals surface area contributed by atoms with Crippen LogP contribution in [0.2, 0.25) is 5.15 Å². The number of hydrogen-bond donors (Lipinski definition) is 0. The number of aryl methyl sites for hydroxylation is 1. The fourth-order valence-corrected chi connectivity index (χ4v) is 2.59. The predicted octanol–water partition coefficient (Wildman–Crippen LogP) is 3.46. The van der Waals surface area contributed by atoms with Crippen molar-refractivity contribution in [1.82, 2.24) is 10.1 Å². The molecule has 2 heterocycles. The van der Waals surface area contributed by atoms with Crippen LogP contribution in [-0.4, -0.2) is 24.0 Å². The van der Waals surface area contributed by atoms with Crippen molar-refractivity contribution in [3.05, 3.63) is 34.8 Å². The molecule has 0 radical (unpaired) electrons. The Morgan fingerprint density at radius 2 is 2.26 bits per heavy atom. The first-order chi connectivity index (χ1) is 9.13. The van der Waals surface area contributed by atoms with Crippen LogP contribution in [-0.2, 0) is 4.74 Å². The van der Waals surface area contributed by atoms with Crippen LogP contribution >= 0.6 is 23.5 Å². The van der Waals surface area contributed by atoms with Gasteiger partial charge in [-0.3, -0.25) is 4.31 Å². The van der Waals surface area contributed by atoms with Crippen LogP contribution < -0.4 is 4.31 Å². The van der Waals surface area contributed by atoms with E-state index in [0.29, 0.717) is 11.9 Å². The van der Waals surface area contributed by atoms with Gasteiger partial charge in [0.15, 0.2) is 5.82 Å². The Morgan fingerprint density at radius 1 is 1.47 bits per heavy atom. The van der Waals surface area contributed by atoms with Crippen molar-refractivity contribution in [2.75, 3.05) is 18.1 Å². The summed E-state index contributed by atoms with van der Waals surface area (Å²) in [5.74, 6) is 1.51. The lowest BCUT2D eigenvalue weighted by Crippen LogP contribution is -2.18. The van der Waals surface area contributed by atoms with Gasteiger partial charge in [0.2, 0.25) is 0 Å². The van der Waals surface area contributed by atoms with E-state index in [0.717, 1.165) is 22.0 Å². The molecule has 0 N–H and O–H groups in total.